The number of nitrogens with two attached hydrogens (primary N) is 1. The molecule has 1 amide bonds. The number of ether oxygens (including phenoxy) is 1. The third kappa shape index (κ3) is 3.00. The molecular weight excluding hydrogens is 234 g/mol. The van der Waals surface area contributed by atoms with Crippen molar-refractivity contribution in [2.24, 2.45) is 5.73 Å². The molecule has 0 aliphatic rings. The van der Waals surface area contributed by atoms with Gasteiger partial charge in [-0.25, -0.2) is 0 Å². The van der Waals surface area contributed by atoms with Gasteiger partial charge in [0.1, 0.15) is 5.75 Å². The standard InChI is InChI=1S/C13H17NO4/c1-3-18-10-6-4-9(5-7-10)13(2,12(16)17)8-11(14)15/h4-7H,3,8H2,1-2H3,(H2,14,15)(H,16,17)/p-1/t13-/m0/s1. The summed E-state index contributed by atoms with van der Waals surface area (Å²) in [6, 6.07) is 6.51. The first-order chi connectivity index (χ1) is 8.40. The highest BCUT2D eigenvalue weighted by molar-refractivity contribution is 5.87. The highest BCUT2D eigenvalue weighted by atomic mass is 16.5. The van der Waals surface area contributed by atoms with Gasteiger partial charge in [-0.2, -0.15) is 0 Å². The van der Waals surface area contributed by atoms with Gasteiger partial charge in [-0.05, 0) is 31.5 Å². The predicted molar refractivity (Wildman–Crippen MR) is 63.8 cm³/mol. The fourth-order valence-electron chi connectivity index (χ4n) is 1.73. The topological polar surface area (TPSA) is 92.5 Å². The van der Waals surface area contributed by atoms with Crippen molar-refractivity contribution in [2.45, 2.75) is 25.7 Å². The highest BCUT2D eigenvalue weighted by Crippen LogP contribution is 2.28. The van der Waals surface area contributed by atoms with E-state index in [4.69, 9.17) is 10.5 Å². The molecule has 5 nitrogen and oxygen atoms in total. The maximum absolute atomic E-state index is 11.2. The van der Waals surface area contributed by atoms with Crippen LogP contribution in [0.3, 0.4) is 0 Å². The van der Waals surface area contributed by atoms with Crippen molar-refractivity contribution in [3.63, 3.8) is 0 Å². The third-order valence-electron chi connectivity index (χ3n) is 2.78. The Bertz CT molecular complexity index is 441. The fraction of sp³-hybridized carbons (Fsp3) is 0.385. The van der Waals surface area contributed by atoms with Crippen LogP contribution >= 0.6 is 0 Å². The van der Waals surface area contributed by atoms with Crippen LogP contribution in [0.15, 0.2) is 24.3 Å². The number of primary amides is 1. The zero-order chi connectivity index (χ0) is 13.8. The maximum atomic E-state index is 11.2. The van der Waals surface area contributed by atoms with E-state index in [1.807, 2.05) is 6.92 Å². The zero-order valence-corrected chi connectivity index (χ0v) is 10.4. The van der Waals surface area contributed by atoms with Crippen molar-refractivity contribution in [1.82, 2.24) is 0 Å². The van der Waals surface area contributed by atoms with Crippen LogP contribution in [0, 0.1) is 0 Å². The van der Waals surface area contributed by atoms with Gasteiger partial charge in [0.05, 0.1) is 12.6 Å². The smallest absolute Gasteiger partial charge is 0.218 e. The second kappa shape index (κ2) is 5.53. The van der Waals surface area contributed by atoms with Gasteiger partial charge < -0.3 is 20.4 Å². The van der Waals surface area contributed by atoms with Crippen molar-refractivity contribution in [3.05, 3.63) is 29.8 Å². The summed E-state index contributed by atoms with van der Waals surface area (Å²) in [5.41, 5.74) is 4.12. The summed E-state index contributed by atoms with van der Waals surface area (Å²) in [6.45, 7) is 3.80. The summed E-state index contributed by atoms with van der Waals surface area (Å²) < 4.78 is 5.26. The van der Waals surface area contributed by atoms with Crippen LogP contribution < -0.4 is 15.6 Å². The van der Waals surface area contributed by atoms with E-state index in [1.165, 1.54) is 6.92 Å². The number of carboxylic acid groups (broad SMARTS) is 1. The molecule has 98 valence electrons. The monoisotopic (exact) mass is 250 g/mol. The van der Waals surface area contributed by atoms with Crippen LogP contribution in [0.5, 0.6) is 5.75 Å². The van der Waals surface area contributed by atoms with Crippen LogP contribution in [0.25, 0.3) is 0 Å². The van der Waals surface area contributed by atoms with Crippen molar-refractivity contribution < 1.29 is 19.4 Å². The summed E-state index contributed by atoms with van der Waals surface area (Å²) in [4.78, 5) is 22.2. The van der Waals surface area contributed by atoms with Crippen molar-refractivity contribution in [3.8, 4) is 5.75 Å². The Hall–Kier alpha value is -2.04. The van der Waals surface area contributed by atoms with E-state index in [0.29, 0.717) is 17.9 Å². The number of carbonyl (C=O) groups is 2. The summed E-state index contributed by atoms with van der Waals surface area (Å²) in [7, 11) is 0. The van der Waals surface area contributed by atoms with Gasteiger partial charge in [0, 0.05) is 11.8 Å². The molecule has 0 aliphatic heterocycles. The first-order valence-electron chi connectivity index (χ1n) is 5.63. The van der Waals surface area contributed by atoms with E-state index in [-0.39, 0.29) is 6.42 Å². The molecule has 1 aromatic carbocycles. The van der Waals surface area contributed by atoms with Crippen molar-refractivity contribution >= 4 is 11.9 Å². The molecule has 1 atom stereocenters. The summed E-state index contributed by atoms with van der Waals surface area (Å²) in [5, 5.41) is 11.2. The average Bonchev–Trinajstić information content (AvgIpc) is 2.29. The molecule has 0 unspecified atom stereocenters. The second-order valence-electron chi connectivity index (χ2n) is 4.22. The van der Waals surface area contributed by atoms with Gasteiger partial charge in [-0.15, -0.1) is 0 Å². The number of hydrogen-bond acceptors (Lipinski definition) is 4. The number of hydrogen-bond donors (Lipinski definition) is 1. The lowest BCUT2D eigenvalue weighted by Crippen LogP contribution is -2.46. The van der Waals surface area contributed by atoms with Crippen LogP contribution in [0.4, 0.5) is 0 Å². The van der Waals surface area contributed by atoms with Gasteiger partial charge >= 0.3 is 0 Å². The highest BCUT2D eigenvalue weighted by Gasteiger charge is 2.30. The van der Waals surface area contributed by atoms with E-state index in [0.717, 1.165) is 0 Å². The minimum atomic E-state index is -1.42. The van der Waals surface area contributed by atoms with Crippen molar-refractivity contribution in [2.75, 3.05) is 6.61 Å². The quantitative estimate of drug-likeness (QED) is 0.767. The number of carboxylic acids is 1. The van der Waals surface area contributed by atoms with Gasteiger partial charge in [0.25, 0.3) is 0 Å². The molecule has 0 spiro atoms. The molecule has 18 heavy (non-hydrogen) atoms. The zero-order valence-electron chi connectivity index (χ0n) is 10.4. The maximum Gasteiger partial charge on any atom is 0.218 e. The van der Waals surface area contributed by atoms with Crippen molar-refractivity contribution in [1.29, 1.82) is 0 Å². The van der Waals surface area contributed by atoms with E-state index >= 15 is 0 Å². The number of amides is 1. The number of benzene rings is 1. The molecule has 2 N–H and O–H groups in total. The lowest BCUT2D eigenvalue weighted by atomic mass is 9.79. The minimum absolute atomic E-state index is 0.302. The molecule has 0 aromatic heterocycles. The Morgan fingerprint density at radius 2 is 1.89 bits per heavy atom. The molecule has 1 aromatic rings. The lowest BCUT2D eigenvalue weighted by molar-refractivity contribution is -0.313. The molecular formula is C13H16NO4-. The van der Waals surface area contributed by atoms with Crippen LogP contribution in [0.1, 0.15) is 25.8 Å². The molecule has 0 heterocycles. The Labute approximate surface area is 106 Å². The largest absolute Gasteiger partial charge is 0.549 e. The Morgan fingerprint density at radius 3 is 2.28 bits per heavy atom. The molecule has 0 aliphatic carbocycles. The number of carbonyl (C=O) groups excluding carboxylic acids is 2. The molecule has 0 radical (unpaired) electrons. The minimum Gasteiger partial charge on any atom is -0.549 e. The van der Waals surface area contributed by atoms with Gasteiger partial charge in [0.15, 0.2) is 0 Å². The molecule has 0 saturated heterocycles. The lowest BCUT2D eigenvalue weighted by Gasteiger charge is -2.30. The van der Waals surface area contributed by atoms with E-state index in [1.54, 1.807) is 24.3 Å². The van der Waals surface area contributed by atoms with Crippen LogP contribution in [-0.4, -0.2) is 18.5 Å². The molecule has 5 heteroatoms. The summed E-state index contributed by atoms with van der Waals surface area (Å²) in [6.07, 6.45) is -0.302. The van der Waals surface area contributed by atoms with E-state index in [2.05, 4.69) is 0 Å². The molecule has 0 fully saturated rings. The van der Waals surface area contributed by atoms with Crippen LogP contribution in [-0.2, 0) is 15.0 Å². The summed E-state index contributed by atoms with van der Waals surface area (Å²) >= 11 is 0. The van der Waals surface area contributed by atoms with Crippen LogP contribution in [0.2, 0.25) is 0 Å². The fourth-order valence-corrected chi connectivity index (χ4v) is 1.73. The Morgan fingerprint density at radius 1 is 1.33 bits per heavy atom. The van der Waals surface area contributed by atoms with Gasteiger partial charge in [-0.1, -0.05) is 12.1 Å². The molecule has 1 rings (SSSR count). The Kier molecular flexibility index (Phi) is 4.31. The average molecular weight is 250 g/mol. The predicted octanol–water partition coefficient (Wildman–Crippen LogP) is -0.0317. The summed E-state index contributed by atoms with van der Waals surface area (Å²) in [5.74, 6) is -1.37. The second-order valence-corrected chi connectivity index (χ2v) is 4.22. The third-order valence-corrected chi connectivity index (χ3v) is 2.78. The normalized spacial score (nSPS) is 13.7. The van der Waals surface area contributed by atoms with Gasteiger partial charge in [0.2, 0.25) is 5.91 Å². The first-order valence-corrected chi connectivity index (χ1v) is 5.63. The number of rotatable bonds is 6. The number of aliphatic carboxylic acids is 1. The SMILES string of the molecule is CCOc1ccc([C@](C)(CC(N)=O)C(=O)[O-])cc1. The van der Waals surface area contributed by atoms with E-state index in [9.17, 15) is 14.7 Å². The first kappa shape index (κ1) is 14.0. The van der Waals surface area contributed by atoms with E-state index < -0.39 is 17.3 Å². The van der Waals surface area contributed by atoms with Gasteiger partial charge in [-0.3, -0.25) is 4.79 Å². The molecule has 0 saturated carbocycles. The molecule has 0 bridgehead atoms. The Balaban J connectivity index is 3.06.